The zero-order valence-corrected chi connectivity index (χ0v) is 9.90. The van der Waals surface area contributed by atoms with Gasteiger partial charge >= 0.3 is 5.97 Å². The van der Waals surface area contributed by atoms with E-state index in [1.54, 1.807) is 0 Å². The van der Waals surface area contributed by atoms with Crippen molar-refractivity contribution in [3.8, 4) is 0 Å². The van der Waals surface area contributed by atoms with Gasteiger partial charge in [-0.05, 0) is 6.42 Å². The number of sulfonamides is 1. The molecule has 8 nitrogen and oxygen atoms in total. The highest BCUT2D eigenvalue weighted by Gasteiger charge is 2.10. The van der Waals surface area contributed by atoms with Crippen LogP contribution in [-0.2, 0) is 21.2 Å². The van der Waals surface area contributed by atoms with Crippen molar-refractivity contribution in [1.82, 2.24) is 19.9 Å². The smallest absolute Gasteiger partial charge is 0.303 e. The van der Waals surface area contributed by atoms with E-state index in [0.29, 0.717) is 12.2 Å². The van der Waals surface area contributed by atoms with Gasteiger partial charge in [0.1, 0.15) is 12.2 Å². The first-order valence-electron chi connectivity index (χ1n) is 5.03. The number of carboxylic acids is 1. The van der Waals surface area contributed by atoms with E-state index < -0.39 is 16.0 Å². The van der Waals surface area contributed by atoms with Crippen LogP contribution in [0.15, 0.2) is 6.33 Å². The summed E-state index contributed by atoms with van der Waals surface area (Å²) in [6.07, 6.45) is 1.71. The number of carbonyl (C=O) groups is 1. The molecule has 0 spiro atoms. The minimum absolute atomic E-state index is 0.104. The zero-order valence-electron chi connectivity index (χ0n) is 9.09. The van der Waals surface area contributed by atoms with Crippen LogP contribution in [0.25, 0.3) is 0 Å². The fraction of sp³-hybridized carbons (Fsp3) is 0.625. The van der Waals surface area contributed by atoms with Crippen molar-refractivity contribution in [2.75, 3.05) is 12.3 Å². The normalized spacial score (nSPS) is 11.5. The number of aromatic amines is 1. The Balaban J connectivity index is 2.22. The van der Waals surface area contributed by atoms with Crippen LogP contribution in [0.1, 0.15) is 18.7 Å². The van der Waals surface area contributed by atoms with Gasteiger partial charge in [0, 0.05) is 19.4 Å². The molecule has 0 saturated carbocycles. The summed E-state index contributed by atoms with van der Waals surface area (Å²) >= 11 is 0. The maximum Gasteiger partial charge on any atom is 0.303 e. The average Bonchev–Trinajstić information content (AvgIpc) is 2.69. The van der Waals surface area contributed by atoms with Crippen LogP contribution in [0.3, 0.4) is 0 Å². The molecule has 1 rings (SSSR count). The second-order valence-electron chi connectivity index (χ2n) is 3.39. The molecule has 0 bridgehead atoms. The highest BCUT2D eigenvalue weighted by molar-refractivity contribution is 7.89. The Kier molecular flexibility index (Phi) is 5.04. The van der Waals surface area contributed by atoms with Crippen molar-refractivity contribution in [3.05, 3.63) is 12.2 Å². The Morgan fingerprint density at radius 1 is 1.53 bits per heavy atom. The highest BCUT2D eigenvalue weighted by Crippen LogP contribution is 1.95. The summed E-state index contributed by atoms with van der Waals surface area (Å²) in [4.78, 5) is 14.1. The second kappa shape index (κ2) is 6.30. The van der Waals surface area contributed by atoms with Crippen molar-refractivity contribution in [2.24, 2.45) is 0 Å². The number of aliphatic carboxylic acids is 1. The van der Waals surface area contributed by atoms with Crippen molar-refractivity contribution in [3.63, 3.8) is 0 Å². The quantitative estimate of drug-likeness (QED) is 0.559. The molecule has 0 aliphatic heterocycles. The maximum atomic E-state index is 11.4. The van der Waals surface area contributed by atoms with Crippen molar-refractivity contribution < 1.29 is 18.3 Å². The molecule has 96 valence electrons. The number of aromatic nitrogens is 3. The van der Waals surface area contributed by atoms with Crippen LogP contribution in [0, 0.1) is 0 Å². The first kappa shape index (κ1) is 13.6. The van der Waals surface area contributed by atoms with Crippen LogP contribution >= 0.6 is 0 Å². The molecule has 1 heterocycles. The molecule has 0 atom stereocenters. The summed E-state index contributed by atoms with van der Waals surface area (Å²) in [5, 5.41) is 14.6. The van der Waals surface area contributed by atoms with Gasteiger partial charge in [-0.2, -0.15) is 5.10 Å². The molecule has 17 heavy (non-hydrogen) atoms. The second-order valence-corrected chi connectivity index (χ2v) is 5.32. The number of hydrogen-bond donors (Lipinski definition) is 3. The molecule has 1 aromatic rings. The van der Waals surface area contributed by atoms with Gasteiger partial charge in [-0.15, -0.1) is 0 Å². The molecule has 0 aromatic carbocycles. The van der Waals surface area contributed by atoms with Crippen LogP contribution in [0.4, 0.5) is 0 Å². The Bertz CT molecular complexity index is 442. The van der Waals surface area contributed by atoms with Crippen LogP contribution in [-0.4, -0.2) is 47.0 Å². The minimum Gasteiger partial charge on any atom is -0.481 e. The predicted molar refractivity (Wildman–Crippen MR) is 58.7 cm³/mol. The SMILES string of the molecule is O=C(O)CCCS(=O)(=O)NCCc1ncn[nH]1. The number of nitrogens with one attached hydrogen (secondary N) is 2. The lowest BCUT2D eigenvalue weighted by Crippen LogP contribution is -2.28. The summed E-state index contributed by atoms with van der Waals surface area (Å²) in [7, 11) is -3.41. The molecule has 0 saturated heterocycles. The number of nitrogens with zero attached hydrogens (tertiary/aromatic N) is 2. The molecule has 0 aliphatic rings. The summed E-state index contributed by atoms with van der Waals surface area (Å²) in [5.74, 6) is -0.588. The summed E-state index contributed by atoms with van der Waals surface area (Å²) in [5.41, 5.74) is 0. The summed E-state index contributed by atoms with van der Waals surface area (Å²) in [6.45, 7) is 0.213. The van der Waals surface area contributed by atoms with Gasteiger partial charge in [-0.25, -0.2) is 18.1 Å². The van der Waals surface area contributed by atoms with Gasteiger partial charge in [0.15, 0.2) is 0 Å². The third-order valence-corrected chi connectivity index (χ3v) is 3.42. The lowest BCUT2D eigenvalue weighted by Gasteiger charge is -2.04. The Labute approximate surface area is 98.5 Å². The molecule has 0 radical (unpaired) electrons. The largest absolute Gasteiger partial charge is 0.481 e. The molecule has 9 heteroatoms. The monoisotopic (exact) mass is 262 g/mol. The first-order valence-corrected chi connectivity index (χ1v) is 6.68. The number of carboxylic acid groups (broad SMARTS) is 1. The van der Waals surface area contributed by atoms with Gasteiger partial charge in [-0.1, -0.05) is 0 Å². The Hall–Kier alpha value is -1.48. The van der Waals surface area contributed by atoms with Crippen LogP contribution in [0.5, 0.6) is 0 Å². The third kappa shape index (κ3) is 5.97. The van der Waals surface area contributed by atoms with Crippen molar-refractivity contribution in [2.45, 2.75) is 19.3 Å². The Morgan fingerprint density at radius 3 is 2.88 bits per heavy atom. The van der Waals surface area contributed by atoms with Crippen LogP contribution < -0.4 is 4.72 Å². The Morgan fingerprint density at radius 2 is 2.29 bits per heavy atom. The molecule has 0 fully saturated rings. The maximum absolute atomic E-state index is 11.4. The molecular formula is C8H14N4O4S. The molecule has 0 unspecified atom stereocenters. The predicted octanol–water partition coefficient (Wildman–Crippen LogP) is -0.869. The topological polar surface area (TPSA) is 125 Å². The van der Waals surface area contributed by atoms with E-state index in [1.807, 2.05) is 0 Å². The zero-order chi connectivity index (χ0) is 12.7. The number of hydrogen-bond acceptors (Lipinski definition) is 5. The first-order chi connectivity index (χ1) is 7.99. The fourth-order valence-corrected chi connectivity index (χ4v) is 2.24. The lowest BCUT2D eigenvalue weighted by atomic mass is 10.3. The molecular weight excluding hydrogens is 248 g/mol. The number of rotatable bonds is 8. The van der Waals surface area contributed by atoms with E-state index in [0.717, 1.165) is 0 Å². The third-order valence-electron chi connectivity index (χ3n) is 1.95. The lowest BCUT2D eigenvalue weighted by molar-refractivity contribution is -0.137. The molecule has 3 N–H and O–H groups in total. The van der Waals surface area contributed by atoms with Gasteiger partial charge in [0.2, 0.25) is 10.0 Å². The van der Waals surface area contributed by atoms with Gasteiger partial charge in [0.05, 0.1) is 5.75 Å². The van der Waals surface area contributed by atoms with E-state index in [9.17, 15) is 13.2 Å². The summed E-state index contributed by atoms with van der Waals surface area (Å²) < 4.78 is 25.1. The van der Waals surface area contributed by atoms with E-state index in [-0.39, 0.29) is 25.1 Å². The van der Waals surface area contributed by atoms with E-state index in [1.165, 1.54) is 6.33 Å². The summed E-state index contributed by atoms with van der Waals surface area (Å²) in [6, 6.07) is 0. The van der Waals surface area contributed by atoms with Crippen molar-refractivity contribution in [1.29, 1.82) is 0 Å². The van der Waals surface area contributed by atoms with Crippen molar-refractivity contribution >= 4 is 16.0 Å². The van der Waals surface area contributed by atoms with E-state index in [4.69, 9.17) is 5.11 Å². The van der Waals surface area contributed by atoms with Crippen LogP contribution in [0.2, 0.25) is 0 Å². The van der Waals surface area contributed by atoms with Gasteiger partial charge < -0.3 is 5.11 Å². The molecule has 1 aromatic heterocycles. The molecule has 0 aliphatic carbocycles. The standard InChI is InChI=1S/C8H14N4O4S/c13-8(14)2-1-5-17(15,16)11-4-3-7-9-6-10-12-7/h6,11H,1-5H2,(H,13,14)(H,9,10,12). The average molecular weight is 262 g/mol. The highest BCUT2D eigenvalue weighted by atomic mass is 32.2. The minimum atomic E-state index is -3.41. The molecule has 0 amide bonds. The van der Waals surface area contributed by atoms with Gasteiger partial charge in [0.25, 0.3) is 0 Å². The van der Waals surface area contributed by atoms with Gasteiger partial charge in [-0.3, -0.25) is 9.89 Å². The van der Waals surface area contributed by atoms with E-state index in [2.05, 4.69) is 19.9 Å². The fourth-order valence-electron chi connectivity index (χ4n) is 1.16. The number of H-pyrrole nitrogens is 1. The van der Waals surface area contributed by atoms with E-state index >= 15 is 0 Å².